The fraction of sp³-hybridized carbons (Fsp3) is 1.00. The third-order valence-electron chi connectivity index (χ3n) is 4.16. The summed E-state index contributed by atoms with van der Waals surface area (Å²) >= 11 is 0. The predicted molar refractivity (Wildman–Crippen MR) is 69.3 cm³/mol. The fourth-order valence-corrected chi connectivity index (χ4v) is 2.72. The van der Waals surface area contributed by atoms with Crippen LogP contribution in [-0.2, 0) is 14.2 Å². The zero-order valence-corrected chi connectivity index (χ0v) is 12.2. The number of hydrogen-bond acceptors (Lipinski definition) is 8. The van der Waals surface area contributed by atoms with Gasteiger partial charge in [0.05, 0.1) is 18.3 Å². The molecular weight excluding hydrogens is 284 g/mol. The molecule has 2 heterocycles. The van der Waals surface area contributed by atoms with E-state index in [9.17, 15) is 25.5 Å². The van der Waals surface area contributed by atoms with Crippen molar-refractivity contribution in [2.24, 2.45) is 0 Å². The molecular formula is C13H24O8. The van der Waals surface area contributed by atoms with E-state index in [4.69, 9.17) is 14.2 Å². The molecule has 10 atom stereocenters. The Bertz CT molecular complexity index is 353. The van der Waals surface area contributed by atoms with Crippen LogP contribution in [0.1, 0.15) is 20.8 Å². The summed E-state index contributed by atoms with van der Waals surface area (Å²) in [6.45, 7) is 4.83. The monoisotopic (exact) mass is 308 g/mol. The lowest BCUT2D eigenvalue weighted by Crippen LogP contribution is -2.62. The van der Waals surface area contributed by atoms with Gasteiger partial charge in [-0.15, -0.1) is 0 Å². The summed E-state index contributed by atoms with van der Waals surface area (Å²) in [5, 5.41) is 49.2. The van der Waals surface area contributed by atoms with Crippen LogP contribution in [0.4, 0.5) is 0 Å². The van der Waals surface area contributed by atoms with Gasteiger partial charge in [-0.1, -0.05) is 0 Å². The van der Waals surface area contributed by atoms with Crippen LogP contribution in [0.3, 0.4) is 0 Å². The molecule has 0 bridgehead atoms. The highest BCUT2D eigenvalue weighted by Crippen LogP contribution is 2.28. The van der Waals surface area contributed by atoms with Gasteiger partial charge in [0.15, 0.2) is 6.29 Å². The summed E-state index contributed by atoms with van der Waals surface area (Å²) in [5.41, 5.74) is 0. The van der Waals surface area contributed by atoms with Crippen molar-refractivity contribution >= 4 is 0 Å². The number of aliphatic hydroxyl groups excluding tert-OH is 5. The van der Waals surface area contributed by atoms with E-state index in [0.717, 1.165) is 0 Å². The highest BCUT2D eigenvalue weighted by Gasteiger charge is 2.47. The summed E-state index contributed by atoms with van der Waals surface area (Å²) in [7, 11) is 0. The summed E-state index contributed by atoms with van der Waals surface area (Å²) in [4.78, 5) is 0. The minimum absolute atomic E-state index is 0.534. The minimum atomic E-state index is -1.47. The molecule has 0 aliphatic carbocycles. The molecule has 2 rings (SSSR count). The van der Waals surface area contributed by atoms with Gasteiger partial charge >= 0.3 is 0 Å². The Kier molecular flexibility index (Phi) is 5.22. The Morgan fingerprint density at radius 2 is 1.14 bits per heavy atom. The minimum Gasteiger partial charge on any atom is -0.388 e. The van der Waals surface area contributed by atoms with Crippen molar-refractivity contribution in [3.05, 3.63) is 0 Å². The Morgan fingerprint density at radius 1 is 0.619 bits per heavy atom. The third kappa shape index (κ3) is 3.22. The molecule has 2 fully saturated rings. The molecule has 2 aliphatic heterocycles. The Morgan fingerprint density at radius 3 is 1.76 bits per heavy atom. The van der Waals surface area contributed by atoms with Crippen LogP contribution in [-0.4, -0.2) is 86.8 Å². The second kappa shape index (κ2) is 6.43. The first-order chi connectivity index (χ1) is 9.73. The lowest BCUT2D eigenvalue weighted by atomic mass is 9.95. The zero-order chi connectivity index (χ0) is 15.9. The van der Waals surface area contributed by atoms with E-state index in [1.54, 1.807) is 13.8 Å². The van der Waals surface area contributed by atoms with Gasteiger partial charge in [0.25, 0.3) is 0 Å². The molecule has 21 heavy (non-hydrogen) atoms. The summed E-state index contributed by atoms with van der Waals surface area (Å²) in [5.74, 6) is 0. The number of aliphatic hydroxyl groups is 5. The van der Waals surface area contributed by atoms with Gasteiger partial charge in [-0.3, -0.25) is 0 Å². The number of ether oxygens (including phenoxy) is 3. The van der Waals surface area contributed by atoms with Gasteiger partial charge in [0, 0.05) is 0 Å². The van der Waals surface area contributed by atoms with Crippen molar-refractivity contribution in [2.75, 3.05) is 0 Å². The van der Waals surface area contributed by atoms with Crippen molar-refractivity contribution in [1.29, 1.82) is 0 Å². The van der Waals surface area contributed by atoms with Gasteiger partial charge in [0.2, 0.25) is 0 Å². The van der Waals surface area contributed by atoms with E-state index in [1.807, 2.05) is 0 Å². The smallest absolute Gasteiger partial charge is 0.187 e. The van der Waals surface area contributed by atoms with Gasteiger partial charge in [-0.05, 0) is 20.8 Å². The third-order valence-corrected chi connectivity index (χ3v) is 4.16. The van der Waals surface area contributed by atoms with Crippen LogP contribution in [0.5, 0.6) is 0 Å². The van der Waals surface area contributed by atoms with Gasteiger partial charge < -0.3 is 39.7 Å². The zero-order valence-electron chi connectivity index (χ0n) is 12.2. The molecule has 0 aromatic rings. The molecule has 0 spiro atoms. The van der Waals surface area contributed by atoms with Gasteiger partial charge in [-0.2, -0.15) is 0 Å². The molecule has 2 saturated heterocycles. The molecule has 124 valence electrons. The van der Waals surface area contributed by atoms with Crippen molar-refractivity contribution in [3.63, 3.8) is 0 Å². The molecule has 0 aromatic heterocycles. The molecule has 8 nitrogen and oxygen atoms in total. The Labute approximate surface area is 122 Å². The van der Waals surface area contributed by atoms with Gasteiger partial charge in [0.1, 0.15) is 36.6 Å². The molecule has 0 saturated carbocycles. The second-order valence-electron chi connectivity index (χ2n) is 5.81. The number of rotatable bonds is 2. The lowest BCUT2D eigenvalue weighted by Gasteiger charge is -2.45. The Balaban J connectivity index is 2.06. The van der Waals surface area contributed by atoms with Crippen LogP contribution in [0.15, 0.2) is 0 Å². The maximum atomic E-state index is 10.1. The first kappa shape index (κ1) is 17.0. The van der Waals surface area contributed by atoms with Crippen LogP contribution >= 0.6 is 0 Å². The van der Waals surface area contributed by atoms with Crippen LogP contribution < -0.4 is 0 Å². The van der Waals surface area contributed by atoms with Crippen molar-refractivity contribution in [3.8, 4) is 0 Å². The van der Waals surface area contributed by atoms with E-state index in [1.165, 1.54) is 6.92 Å². The van der Waals surface area contributed by atoms with Crippen molar-refractivity contribution < 1.29 is 39.7 Å². The van der Waals surface area contributed by atoms with Crippen molar-refractivity contribution in [1.82, 2.24) is 0 Å². The predicted octanol–water partition coefficient (Wildman–Crippen LogP) is -2.27. The molecule has 5 N–H and O–H groups in total. The average Bonchev–Trinajstić information content (AvgIpc) is 2.44. The van der Waals surface area contributed by atoms with Crippen LogP contribution in [0.2, 0.25) is 0 Å². The molecule has 8 heteroatoms. The highest BCUT2D eigenvalue weighted by molar-refractivity contribution is 4.93. The largest absolute Gasteiger partial charge is 0.388 e. The van der Waals surface area contributed by atoms with E-state index < -0.39 is 61.2 Å². The first-order valence-electron chi connectivity index (χ1n) is 7.10. The highest BCUT2D eigenvalue weighted by atomic mass is 16.7. The molecule has 0 radical (unpaired) electrons. The van der Waals surface area contributed by atoms with Gasteiger partial charge in [-0.25, -0.2) is 0 Å². The van der Waals surface area contributed by atoms with E-state index >= 15 is 0 Å². The number of hydrogen-bond donors (Lipinski definition) is 5. The summed E-state index contributed by atoms with van der Waals surface area (Å²) in [6.07, 6.45) is -10.4. The molecule has 10 unspecified atom stereocenters. The quantitative estimate of drug-likeness (QED) is 0.386. The second-order valence-corrected chi connectivity index (χ2v) is 5.81. The lowest BCUT2D eigenvalue weighted by molar-refractivity contribution is -0.333. The van der Waals surface area contributed by atoms with E-state index in [2.05, 4.69) is 0 Å². The topological polar surface area (TPSA) is 129 Å². The standard InChI is InChI=1S/C13H24O8/c1-4-8(15)10(17)12(6(3)19-4)21-13-11(18)9(16)7(14)5(2)20-13/h4-18H,1-3H3. The fourth-order valence-electron chi connectivity index (χ4n) is 2.72. The molecule has 2 aliphatic rings. The maximum absolute atomic E-state index is 10.1. The summed E-state index contributed by atoms with van der Waals surface area (Å²) < 4.78 is 16.3. The van der Waals surface area contributed by atoms with E-state index in [-0.39, 0.29) is 0 Å². The first-order valence-corrected chi connectivity index (χ1v) is 7.10. The van der Waals surface area contributed by atoms with Crippen molar-refractivity contribution in [2.45, 2.75) is 82.0 Å². The molecule has 0 aromatic carbocycles. The Hall–Kier alpha value is -0.320. The maximum Gasteiger partial charge on any atom is 0.187 e. The normalized spacial score (nSPS) is 55.4. The van der Waals surface area contributed by atoms with Crippen LogP contribution in [0.25, 0.3) is 0 Å². The SMILES string of the molecule is CC1OC(OC2C(C)OC(C)C(O)C2O)C(O)C(O)C1O. The average molecular weight is 308 g/mol. The summed E-state index contributed by atoms with van der Waals surface area (Å²) in [6, 6.07) is 0. The van der Waals surface area contributed by atoms with Crippen LogP contribution in [0, 0.1) is 0 Å². The molecule has 0 amide bonds. The van der Waals surface area contributed by atoms with E-state index in [0.29, 0.717) is 0 Å².